The molecule has 2 heterocycles. The first-order valence-electron chi connectivity index (χ1n) is 6.37. The molecule has 0 spiro atoms. The molecule has 0 unspecified atom stereocenters. The van der Waals surface area contributed by atoms with Gasteiger partial charge in [-0.3, -0.25) is 0 Å². The van der Waals surface area contributed by atoms with E-state index in [0.29, 0.717) is 0 Å². The van der Waals surface area contributed by atoms with Crippen LogP contribution in [0.3, 0.4) is 0 Å². The highest BCUT2D eigenvalue weighted by molar-refractivity contribution is 7.88. The van der Waals surface area contributed by atoms with Gasteiger partial charge < -0.3 is 0 Å². The Kier molecular flexibility index (Phi) is 4.07. The maximum absolute atomic E-state index is 11.4. The zero-order valence-electron chi connectivity index (χ0n) is 11.6. The van der Waals surface area contributed by atoms with Gasteiger partial charge in [-0.25, -0.2) is 13.1 Å². The molecule has 1 aliphatic carbocycles. The maximum Gasteiger partial charge on any atom is 0.209 e. The van der Waals surface area contributed by atoms with Crippen molar-refractivity contribution < 1.29 is 8.42 Å². The highest BCUT2D eigenvalue weighted by atomic mass is 32.2. The normalized spacial score (nSPS) is 17.1. The standard InChI is InChI=1S/C11H13NO2S3.C2H6/c1-7-5-8-9(15-7)6-10(16-8)11(3-4-11)12-17(2,13)14;1-2/h5-6,12H,3-4H2,1-2H3;1-2H3. The number of nitrogens with one attached hydrogen (secondary N) is 1. The average Bonchev–Trinajstić information content (AvgIpc) is 2.80. The van der Waals surface area contributed by atoms with Crippen LogP contribution in [-0.2, 0) is 15.6 Å². The van der Waals surface area contributed by atoms with E-state index in [1.807, 2.05) is 13.8 Å². The van der Waals surface area contributed by atoms with Gasteiger partial charge >= 0.3 is 0 Å². The van der Waals surface area contributed by atoms with Gasteiger partial charge in [-0.1, -0.05) is 13.8 Å². The minimum atomic E-state index is -3.14. The monoisotopic (exact) mass is 317 g/mol. The van der Waals surface area contributed by atoms with Crippen molar-refractivity contribution in [3.63, 3.8) is 0 Å². The molecule has 0 aliphatic heterocycles. The first-order chi connectivity index (χ1) is 8.88. The molecule has 0 aromatic carbocycles. The van der Waals surface area contributed by atoms with Crippen LogP contribution >= 0.6 is 22.7 Å². The molecule has 1 N–H and O–H groups in total. The summed E-state index contributed by atoms with van der Waals surface area (Å²) in [5.41, 5.74) is -0.301. The summed E-state index contributed by atoms with van der Waals surface area (Å²) in [5, 5.41) is 0. The molecule has 1 aliphatic rings. The fourth-order valence-electron chi connectivity index (χ4n) is 2.07. The van der Waals surface area contributed by atoms with Gasteiger partial charge in [0.2, 0.25) is 10.0 Å². The third kappa shape index (κ3) is 3.18. The lowest BCUT2D eigenvalue weighted by atomic mass is 10.2. The first-order valence-corrected chi connectivity index (χ1v) is 9.90. The van der Waals surface area contributed by atoms with Crippen LogP contribution in [0, 0.1) is 6.92 Å². The summed E-state index contributed by atoms with van der Waals surface area (Å²) in [6.07, 6.45) is 3.05. The molecule has 0 saturated heterocycles. The minimum Gasteiger partial charge on any atom is -0.213 e. The molecular formula is C13H19NO2S3. The molecule has 19 heavy (non-hydrogen) atoms. The number of rotatable bonds is 3. The van der Waals surface area contributed by atoms with Crippen molar-refractivity contribution in [3.8, 4) is 0 Å². The predicted octanol–water partition coefficient (Wildman–Crippen LogP) is 3.84. The van der Waals surface area contributed by atoms with Gasteiger partial charge in [0.05, 0.1) is 11.8 Å². The van der Waals surface area contributed by atoms with Crippen LogP contribution in [0.2, 0.25) is 0 Å². The number of thiophene rings is 2. The van der Waals surface area contributed by atoms with Crippen molar-refractivity contribution in [1.82, 2.24) is 4.72 Å². The Hall–Kier alpha value is -0.430. The van der Waals surface area contributed by atoms with Gasteiger partial charge in [0.1, 0.15) is 0 Å². The second-order valence-corrected chi connectivity index (χ2v) is 8.77. The summed E-state index contributed by atoms with van der Waals surface area (Å²) >= 11 is 3.48. The van der Waals surface area contributed by atoms with Crippen LogP contribution in [0.4, 0.5) is 0 Å². The highest BCUT2D eigenvalue weighted by Crippen LogP contribution is 2.50. The summed E-state index contributed by atoms with van der Waals surface area (Å²) in [4.78, 5) is 2.46. The van der Waals surface area contributed by atoms with Crippen molar-refractivity contribution in [2.75, 3.05) is 6.26 Å². The fraction of sp³-hybridized carbons (Fsp3) is 0.538. The molecule has 106 valence electrons. The minimum absolute atomic E-state index is 0.301. The second kappa shape index (κ2) is 5.16. The number of hydrogen-bond donors (Lipinski definition) is 1. The van der Waals surface area contributed by atoms with Gasteiger partial charge in [-0.2, -0.15) is 0 Å². The maximum atomic E-state index is 11.4. The summed E-state index contributed by atoms with van der Waals surface area (Å²) < 4.78 is 28.0. The van der Waals surface area contributed by atoms with Crippen molar-refractivity contribution in [3.05, 3.63) is 21.9 Å². The van der Waals surface area contributed by atoms with E-state index in [4.69, 9.17) is 0 Å². The molecule has 3 rings (SSSR count). The predicted molar refractivity (Wildman–Crippen MR) is 84.7 cm³/mol. The molecule has 0 bridgehead atoms. The first kappa shape index (κ1) is 15.0. The summed E-state index contributed by atoms with van der Waals surface area (Å²) in [6, 6.07) is 4.31. The lowest BCUT2D eigenvalue weighted by molar-refractivity contribution is 0.561. The molecule has 1 fully saturated rings. The van der Waals surface area contributed by atoms with Crippen LogP contribution in [0.1, 0.15) is 36.4 Å². The average molecular weight is 318 g/mol. The molecule has 2 aromatic heterocycles. The topological polar surface area (TPSA) is 46.2 Å². The van der Waals surface area contributed by atoms with Gasteiger partial charge in [-0.05, 0) is 31.9 Å². The van der Waals surface area contributed by atoms with E-state index in [1.165, 1.54) is 20.5 Å². The van der Waals surface area contributed by atoms with Crippen molar-refractivity contribution in [2.45, 2.75) is 39.2 Å². The zero-order valence-corrected chi connectivity index (χ0v) is 14.1. The summed E-state index contributed by atoms with van der Waals surface area (Å²) in [5.74, 6) is 0. The molecule has 0 amide bonds. The molecular weight excluding hydrogens is 298 g/mol. The van der Waals surface area contributed by atoms with Crippen LogP contribution in [-0.4, -0.2) is 14.7 Å². The summed E-state index contributed by atoms with van der Waals surface area (Å²) in [6.45, 7) is 6.10. The quantitative estimate of drug-likeness (QED) is 0.935. The zero-order chi connectivity index (χ0) is 14.3. The largest absolute Gasteiger partial charge is 0.213 e. The highest BCUT2D eigenvalue weighted by Gasteiger charge is 2.47. The Morgan fingerprint density at radius 1 is 1.16 bits per heavy atom. The Balaban J connectivity index is 0.000000637. The van der Waals surface area contributed by atoms with Crippen LogP contribution in [0.5, 0.6) is 0 Å². The Bertz CT molecular complexity index is 646. The van der Waals surface area contributed by atoms with E-state index >= 15 is 0 Å². The van der Waals surface area contributed by atoms with Gasteiger partial charge in [-0.15, -0.1) is 22.7 Å². The Morgan fingerprint density at radius 3 is 2.21 bits per heavy atom. The van der Waals surface area contributed by atoms with E-state index in [-0.39, 0.29) is 5.54 Å². The lowest BCUT2D eigenvalue weighted by Gasteiger charge is -2.13. The second-order valence-electron chi connectivity index (χ2n) is 4.65. The molecule has 2 aromatic rings. The Labute approximate surface area is 122 Å². The van der Waals surface area contributed by atoms with Crippen molar-refractivity contribution in [2.24, 2.45) is 0 Å². The van der Waals surface area contributed by atoms with E-state index < -0.39 is 10.0 Å². The molecule has 0 radical (unpaired) electrons. The lowest BCUT2D eigenvalue weighted by Crippen LogP contribution is -2.33. The van der Waals surface area contributed by atoms with E-state index in [9.17, 15) is 8.42 Å². The van der Waals surface area contributed by atoms with Gasteiger partial charge in [0.15, 0.2) is 0 Å². The number of hydrogen-bond acceptors (Lipinski definition) is 4. The van der Waals surface area contributed by atoms with Gasteiger partial charge in [0, 0.05) is 19.2 Å². The number of fused-ring (bicyclic) bond motifs is 1. The molecule has 3 nitrogen and oxygen atoms in total. The van der Waals surface area contributed by atoms with E-state index in [0.717, 1.165) is 17.7 Å². The number of aryl methyl sites for hydroxylation is 1. The number of sulfonamides is 1. The van der Waals surface area contributed by atoms with Crippen LogP contribution in [0.25, 0.3) is 9.40 Å². The molecule has 1 saturated carbocycles. The van der Waals surface area contributed by atoms with Crippen molar-refractivity contribution in [1.29, 1.82) is 0 Å². The molecule has 0 atom stereocenters. The van der Waals surface area contributed by atoms with Crippen LogP contribution < -0.4 is 4.72 Å². The fourth-order valence-corrected chi connectivity index (χ4v) is 5.68. The van der Waals surface area contributed by atoms with E-state index in [1.54, 1.807) is 22.7 Å². The third-order valence-electron chi connectivity index (χ3n) is 2.93. The van der Waals surface area contributed by atoms with Crippen LogP contribution in [0.15, 0.2) is 12.1 Å². The molecule has 6 heteroatoms. The third-order valence-corrected chi connectivity index (χ3v) is 6.11. The van der Waals surface area contributed by atoms with Crippen molar-refractivity contribution >= 4 is 42.1 Å². The SMILES string of the molecule is CC.Cc1cc2sc(C3(NS(C)(=O)=O)CC3)cc2s1. The summed E-state index contributed by atoms with van der Waals surface area (Å²) in [7, 11) is -3.14. The van der Waals surface area contributed by atoms with E-state index in [2.05, 4.69) is 23.8 Å². The smallest absolute Gasteiger partial charge is 0.209 e. The van der Waals surface area contributed by atoms with Gasteiger partial charge in [0.25, 0.3) is 0 Å². The Morgan fingerprint density at radius 2 is 1.74 bits per heavy atom.